The van der Waals surface area contributed by atoms with Gasteiger partial charge in [-0.25, -0.2) is 0 Å². The summed E-state index contributed by atoms with van der Waals surface area (Å²) in [7, 11) is 0. The molecule has 2 rings (SSSR count). The van der Waals surface area contributed by atoms with E-state index in [4.69, 9.17) is 11.6 Å². The lowest BCUT2D eigenvalue weighted by molar-refractivity contribution is 0.0933. The standard InChI is InChI=1S/C10H8ClNO2/c1-6(13)12-9-3-2-8(11)4-7(9)5-10(12)14/h2-5,14H,1H3. The Bertz CT molecular complexity index is 516. The minimum Gasteiger partial charge on any atom is -0.494 e. The Balaban J connectivity index is 2.84. The second-order valence-electron chi connectivity index (χ2n) is 3.06. The molecule has 1 N–H and O–H groups in total. The monoisotopic (exact) mass is 209 g/mol. The van der Waals surface area contributed by atoms with Crippen LogP contribution in [0.4, 0.5) is 0 Å². The molecule has 72 valence electrons. The van der Waals surface area contributed by atoms with Crippen LogP contribution in [0.1, 0.15) is 11.7 Å². The van der Waals surface area contributed by atoms with E-state index in [1.54, 1.807) is 18.2 Å². The fraction of sp³-hybridized carbons (Fsp3) is 0.100. The number of nitrogens with zero attached hydrogens (tertiary/aromatic N) is 1. The summed E-state index contributed by atoms with van der Waals surface area (Å²) in [6.45, 7) is 1.40. The van der Waals surface area contributed by atoms with Crippen molar-refractivity contribution in [3.8, 4) is 5.88 Å². The normalized spacial score (nSPS) is 10.7. The van der Waals surface area contributed by atoms with Crippen LogP contribution in [0, 0.1) is 0 Å². The van der Waals surface area contributed by atoms with E-state index >= 15 is 0 Å². The van der Waals surface area contributed by atoms with Gasteiger partial charge in [0.2, 0.25) is 5.91 Å². The molecule has 0 bridgehead atoms. The maximum Gasteiger partial charge on any atom is 0.230 e. The van der Waals surface area contributed by atoms with E-state index in [9.17, 15) is 9.90 Å². The van der Waals surface area contributed by atoms with Gasteiger partial charge < -0.3 is 5.11 Å². The Hall–Kier alpha value is -1.48. The second kappa shape index (κ2) is 3.03. The average molecular weight is 210 g/mol. The van der Waals surface area contributed by atoms with E-state index in [0.29, 0.717) is 10.5 Å². The summed E-state index contributed by atoms with van der Waals surface area (Å²) < 4.78 is 1.24. The summed E-state index contributed by atoms with van der Waals surface area (Å²) >= 11 is 5.78. The molecule has 1 aromatic carbocycles. The van der Waals surface area contributed by atoms with Crippen LogP contribution in [0.2, 0.25) is 5.02 Å². The molecule has 1 aromatic heterocycles. The summed E-state index contributed by atoms with van der Waals surface area (Å²) in [6.07, 6.45) is 0. The summed E-state index contributed by atoms with van der Waals surface area (Å²) in [5.74, 6) is -0.283. The number of fused-ring (bicyclic) bond motifs is 1. The van der Waals surface area contributed by atoms with Crippen LogP contribution in [0.25, 0.3) is 10.9 Å². The van der Waals surface area contributed by atoms with Crippen molar-refractivity contribution in [3.05, 3.63) is 29.3 Å². The average Bonchev–Trinajstić information content (AvgIpc) is 2.39. The first kappa shape index (κ1) is 9.09. The van der Waals surface area contributed by atoms with Crippen LogP contribution in [0.5, 0.6) is 5.88 Å². The number of rotatable bonds is 0. The number of aromatic nitrogens is 1. The molecule has 0 fully saturated rings. The third-order valence-corrected chi connectivity index (χ3v) is 2.29. The number of carbonyl (C=O) groups excluding carboxylic acids is 1. The molecule has 0 aliphatic heterocycles. The highest BCUT2D eigenvalue weighted by molar-refractivity contribution is 6.31. The molecule has 0 unspecified atom stereocenters. The van der Waals surface area contributed by atoms with Gasteiger partial charge in [-0.3, -0.25) is 9.36 Å². The van der Waals surface area contributed by atoms with Crippen molar-refractivity contribution in [2.24, 2.45) is 0 Å². The summed E-state index contributed by atoms with van der Waals surface area (Å²) in [4.78, 5) is 11.2. The minimum atomic E-state index is -0.222. The Kier molecular flexibility index (Phi) is 1.97. The SMILES string of the molecule is CC(=O)n1c(O)cc2cc(Cl)ccc21. The lowest BCUT2D eigenvalue weighted by Gasteiger charge is -2.00. The predicted octanol–water partition coefficient (Wildman–Crippen LogP) is 2.66. The molecular weight excluding hydrogens is 202 g/mol. The maximum absolute atomic E-state index is 11.2. The van der Waals surface area contributed by atoms with Crippen LogP contribution < -0.4 is 0 Å². The number of aromatic hydroxyl groups is 1. The number of halogens is 1. The highest BCUT2D eigenvalue weighted by Crippen LogP contribution is 2.26. The van der Waals surface area contributed by atoms with Crippen LogP contribution in [0.15, 0.2) is 24.3 Å². The van der Waals surface area contributed by atoms with Crippen molar-refractivity contribution in [3.63, 3.8) is 0 Å². The molecule has 0 spiro atoms. The topological polar surface area (TPSA) is 42.2 Å². The smallest absolute Gasteiger partial charge is 0.230 e. The van der Waals surface area contributed by atoms with Gasteiger partial charge in [0.1, 0.15) is 0 Å². The van der Waals surface area contributed by atoms with E-state index in [1.807, 2.05) is 0 Å². The molecule has 0 radical (unpaired) electrons. The second-order valence-corrected chi connectivity index (χ2v) is 3.50. The number of hydrogen-bond donors (Lipinski definition) is 1. The van der Waals surface area contributed by atoms with Crippen molar-refractivity contribution in [2.75, 3.05) is 0 Å². The quantitative estimate of drug-likeness (QED) is 0.725. The van der Waals surface area contributed by atoms with Crippen molar-refractivity contribution < 1.29 is 9.90 Å². The molecule has 0 aliphatic rings. The molecule has 1 heterocycles. The maximum atomic E-state index is 11.2. The molecule has 3 nitrogen and oxygen atoms in total. The van der Waals surface area contributed by atoms with Crippen molar-refractivity contribution >= 4 is 28.4 Å². The summed E-state index contributed by atoms with van der Waals surface area (Å²) in [5.41, 5.74) is 0.666. The third-order valence-electron chi connectivity index (χ3n) is 2.06. The predicted molar refractivity (Wildman–Crippen MR) is 54.9 cm³/mol. The van der Waals surface area contributed by atoms with Crippen molar-refractivity contribution in [1.29, 1.82) is 0 Å². The first-order valence-electron chi connectivity index (χ1n) is 4.10. The highest BCUT2D eigenvalue weighted by atomic mass is 35.5. The largest absolute Gasteiger partial charge is 0.494 e. The molecule has 0 saturated carbocycles. The molecule has 0 atom stereocenters. The fourth-order valence-corrected chi connectivity index (χ4v) is 1.68. The lowest BCUT2D eigenvalue weighted by atomic mass is 10.2. The highest BCUT2D eigenvalue weighted by Gasteiger charge is 2.10. The van der Waals surface area contributed by atoms with Gasteiger partial charge in [-0.2, -0.15) is 0 Å². The van der Waals surface area contributed by atoms with Crippen molar-refractivity contribution in [2.45, 2.75) is 6.92 Å². The van der Waals surface area contributed by atoms with Gasteiger partial charge in [-0.05, 0) is 18.2 Å². The minimum absolute atomic E-state index is 0.0604. The van der Waals surface area contributed by atoms with Gasteiger partial charge in [-0.1, -0.05) is 11.6 Å². The van der Waals surface area contributed by atoms with Crippen LogP contribution in [-0.4, -0.2) is 15.6 Å². The number of hydrogen-bond acceptors (Lipinski definition) is 2. The molecular formula is C10H8ClNO2. The Labute approximate surface area is 85.5 Å². The van der Waals surface area contributed by atoms with Crippen molar-refractivity contribution in [1.82, 2.24) is 4.57 Å². The van der Waals surface area contributed by atoms with Gasteiger partial charge in [0.15, 0.2) is 5.88 Å². The van der Waals surface area contributed by atoms with Crippen LogP contribution in [0.3, 0.4) is 0 Å². The first-order chi connectivity index (χ1) is 6.59. The Morgan fingerprint density at radius 3 is 2.79 bits per heavy atom. The van der Waals surface area contributed by atoms with E-state index in [-0.39, 0.29) is 11.8 Å². The summed E-state index contributed by atoms with van der Waals surface area (Å²) in [6, 6.07) is 6.61. The zero-order chi connectivity index (χ0) is 10.3. The van der Waals surface area contributed by atoms with Crippen LogP contribution >= 0.6 is 11.6 Å². The van der Waals surface area contributed by atoms with Gasteiger partial charge in [0.25, 0.3) is 0 Å². The Morgan fingerprint density at radius 2 is 2.14 bits per heavy atom. The molecule has 14 heavy (non-hydrogen) atoms. The zero-order valence-corrected chi connectivity index (χ0v) is 8.25. The number of benzene rings is 1. The molecule has 0 amide bonds. The van der Waals surface area contributed by atoms with Gasteiger partial charge in [-0.15, -0.1) is 0 Å². The number of carbonyl (C=O) groups is 1. The molecule has 4 heteroatoms. The van der Waals surface area contributed by atoms with Gasteiger partial charge in [0, 0.05) is 23.4 Å². The van der Waals surface area contributed by atoms with Gasteiger partial charge >= 0.3 is 0 Å². The Morgan fingerprint density at radius 1 is 1.43 bits per heavy atom. The third kappa shape index (κ3) is 1.26. The van der Waals surface area contributed by atoms with Crippen LogP contribution in [-0.2, 0) is 0 Å². The lowest BCUT2D eigenvalue weighted by Crippen LogP contribution is -2.03. The van der Waals surface area contributed by atoms with E-state index in [0.717, 1.165) is 5.39 Å². The van der Waals surface area contributed by atoms with E-state index in [2.05, 4.69) is 0 Å². The van der Waals surface area contributed by atoms with Gasteiger partial charge in [0.05, 0.1) is 5.52 Å². The zero-order valence-electron chi connectivity index (χ0n) is 7.49. The fourth-order valence-electron chi connectivity index (χ4n) is 1.50. The first-order valence-corrected chi connectivity index (χ1v) is 4.48. The molecule has 2 aromatic rings. The summed E-state index contributed by atoms with van der Waals surface area (Å²) in [5, 5.41) is 10.8. The molecule has 0 saturated heterocycles. The van der Waals surface area contributed by atoms with E-state index in [1.165, 1.54) is 17.6 Å². The molecule has 0 aliphatic carbocycles. The van der Waals surface area contributed by atoms with E-state index < -0.39 is 0 Å².